The average Bonchev–Trinajstić information content (AvgIpc) is 2.97. The zero-order valence-electron chi connectivity index (χ0n) is 33.6. The van der Waals surface area contributed by atoms with Gasteiger partial charge in [0, 0.05) is 12.5 Å². The molecule has 0 saturated carbocycles. The second-order valence-electron chi connectivity index (χ2n) is 18.0. The molecule has 3 aliphatic rings. The molecule has 3 aliphatic heterocycles. The Kier molecular flexibility index (Phi) is 15.6. The highest BCUT2D eigenvalue weighted by Crippen LogP contribution is 2.40. The molecule has 6 nitrogen and oxygen atoms in total. The summed E-state index contributed by atoms with van der Waals surface area (Å²) in [7, 11) is -4.36. The quantitative estimate of drug-likeness (QED) is 0.148. The summed E-state index contributed by atoms with van der Waals surface area (Å²) >= 11 is 0. The lowest BCUT2D eigenvalue weighted by Gasteiger charge is -2.40. The third kappa shape index (κ3) is 13.6. The number of fused-ring (bicyclic) bond motifs is 2. The van der Waals surface area contributed by atoms with E-state index in [9.17, 15) is 4.79 Å². The van der Waals surface area contributed by atoms with Crippen molar-refractivity contribution in [3.8, 4) is 0 Å². The first-order chi connectivity index (χ1) is 23.1. The number of rotatable bonds is 7. The summed E-state index contributed by atoms with van der Waals surface area (Å²) in [6, 6.07) is 0. The number of hydrogen-bond donors (Lipinski definition) is 0. The third-order valence-corrected chi connectivity index (χ3v) is 20.1. The van der Waals surface area contributed by atoms with E-state index in [2.05, 4.69) is 131 Å². The Balaban J connectivity index is 2.02. The highest BCUT2D eigenvalue weighted by atomic mass is 28.4. The topological polar surface area (TPSA) is 63.2 Å². The van der Waals surface area contributed by atoms with Crippen LogP contribution in [0.5, 0.6) is 0 Å². The largest absolute Gasteiger partial charge is 0.456 e. The maximum atomic E-state index is 13.5. The first-order valence-corrected chi connectivity index (χ1v) is 24.8. The summed E-state index contributed by atoms with van der Waals surface area (Å²) < 4.78 is 32.9. The van der Waals surface area contributed by atoms with Crippen LogP contribution in [0.3, 0.4) is 0 Å². The molecule has 8 heteroatoms. The van der Waals surface area contributed by atoms with Gasteiger partial charge >= 0.3 is 5.97 Å². The number of carbonyl (C=O) groups excluding carboxylic acids is 1. The molecule has 0 radical (unpaired) electrons. The van der Waals surface area contributed by atoms with Gasteiger partial charge in [0.1, 0.15) is 12.2 Å². The van der Waals surface area contributed by atoms with Crippen molar-refractivity contribution in [2.75, 3.05) is 6.61 Å². The van der Waals surface area contributed by atoms with E-state index in [1.807, 2.05) is 6.08 Å². The number of esters is 1. The number of carbonyl (C=O) groups is 1. The summed E-state index contributed by atoms with van der Waals surface area (Å²) in [6.45, 7) is 32.2. The van der Waals surface area contributed by atoms with Gasteiger partial charge in [-0.2, -0.15) is 0 Å². The van der Waals surface area contributed by atoms with Crippen molar-refractivity contribution in [3.63, 3.8) is 0 Å². The van der Waals surface area contributed by atoms with E-state index in [4.69, 9.17) is 23.1 Å². The fourth-order valence-electron chi connectivity index (χ4n) is 6.10. The van der Waals surface area contributed by atoms with Gasteiger partial charge in [-0.3, -0.25) is 0 Å². The maximum absolute atomic E-state index is 13.5. The molecule has 0 aromatic heterocycles. The molecule has 7 atom stereocenters. The second-order valence-corrected chi connectivity index (χ2v) is 27.5. The van der Waals surface area contributed by atoms with Crippen LogP contribution in [0.4, 0.5) is 0 Å². The predicted octanol–water partition coefficient (Wildman–Crippen LogP) is 11.0. The average molecular weight is 727 g/mol. The second kappa shape index (κ2) is 18.3. The molecule has 0 unspecified atom stereocenters. The van der Waals surface area contributed by atoms with Crippen LogP contribution in [0.1, 0.15) is 100 Å². The van der Waals surface area contributed by atoms with Gasteiger partial charge in [-0.15, -0.1) is 0 Å². The van der Waals surface area contributed by atoms with Gasteiger partial charge in [-0.25, -0.2) is 4.79 Å². The third-order valence-electron chi connectivity index (χ3n) is 11.2. The van der Waals surface area contributed by atoms with Crippen molar-refractivity contribution in [1.82, 2.24) is 0 Å². The van der Waals surface area contributed by atoms with Crippen molar-refractivity contribution in [2.45, 2.75) is 173 Å². The van der Waals surface area contributed by atoms with Crippen LogP contribution in [0.15, 0.2) is 72.4 Å². The zero-order chi connectivity index (χ0) is 37.3. The number of ether oxygens (including phenoxy) is 3. The van der Waals surface area contributed by atoms with Crippen LogP contribution >= 0.6 is 0 Å². The fraction of sp³-hybridized carbons (Fsp3) is 0.690. The Bertz CT molecular complexity index is 1280. The monoisotopic (exact) mass is 726 g/mol. The molecule has 282 valence electrons. The molecule has 3 rings (SSSR count). The SMILES string of the molecule is C=C1C[C@H](C)C[C@@H]2CC=C[C@@H](C/C=C\C(=O)O[C@H]([C@@H](/C=C/[C@@H]3CC(C)=CCO3)O[Si](C)(C)C(C)(C)C)C/C=C/[C@@H](O[Si](C)(C)C(C)(C)C)C1)O2. The Hall–Kier alpha value is -1.82. The lowest BCUT2D eigenvalue weighted by molar-refractivity contribution is -0.146. The molecule has 0 N–H and O–H groups in total. The molecule has 0 spiro atoms. The molecule has 3 heterocycles. The van der Waals surface area contributed by atoms with E-state index in [0.717, 1.165) is 32.1 Å². The number of cyclic esters (lactones) is 1. The van der Waals surface area contributed by atoms with E-state index in [0.29, 0.717) is 25.4 Å². The van der Waals surface area contributed by atoms with Gasteiger partial charge in [0.15, 0.2) is 16.6 Å². The Morgan fingerprint density at radius 3 is 2.26 bits per heavy atom. The van der Waals surface area contributed by atoms with Crippen LogP contribution in [-0.4, -0.2) is 65.8 Å². The van der Waals surface area contributed by atoms with E-state index in [1.54, 1.807) is 6.08 Å². The Labute approximate surface area is 307 Å². The Morgan fingerprint density at radius 1 is 0.920 bits per heavy atom. The molecule has 0 aliphatic carbocycles. The zero-order valence-corrected chi connectivity index (χ0v) is 35.6. The summed E-state index contributed by atoms with van der Waals surface area (Å²) in [5, 5.41) is 0.0376. The molecule has 0 fully saturated rings. The van der Waals surface area contributed by atoms with Gasteiger partial charge in [-0.1, -0.05) is 115 Å². The van der Waals surface area contributed by atoms with Crippen LogP contribution in [0, 0.1) is 5.92 Å². The Morgan fingerprint density at radius 2 is 1.60 bits per heavy atom. The maximum Gasteiger partial charge on any atom is 0.330 e. The molecule has 0 amide bonds. The molecule has 50 heavy (non-hydrogen) atoms. The van der Waals surface area contributed by atoms with Crippen molar-refractivity contribution in [3.05, 3.63) is 72.4 Å². The van der Waals surface area contributed by atoms with Crippen molar-refractivity contribution in [1.29, 1.82) is 0 Å². The molecule has 0 aromatic rings. The fourth-order valence-corrected chi connectivity index (χ4v) is 8.64. The van der Waals surface area contributed by atoms with Gasteiger partial charge in [-0.05, 0) is 87.6 Å². The first-order valence-electron chi connectivity index (χ1n) is 19.0. The summed E-state index contributed by atoms with van der Waals surface area (Å²) in [5.41, 5.74) is 2.51. The number of hydrogen-bond acceptors (Lipinski definition) is 6. The predicted molar refractivity (Wildman–Crippen MR) is 213 cm³/mol. The lowest BCUT2D eigenvalue weighted by atomic mass is 9.91. The van der Waals surface area contributed by atoms with E-state index >= 15 is 0 Å². The molecule has 2 bridgehead atoms. The van der Waals surface area contributed by atoms with Gasteiger partial charge < -0.3 is 23.1 Å². The highest BCUT2D eigenvalue weighted by molar-refractivity contribution is 6.74. The van der Waals surface area contributed by atoms with E-state index in [1.165, 1.54) is 11.1 Å². The van der Waals surface area contributed by atoms with Crippen LogP contribution in [0.25, 0.3) is 0 Å². The summed E-state index contributed by atoms with van der Waals surface area (Å²) in [4.78, 5) is 13.5. The first kappa shape index (κ1) is 42.6. The van der Waals surface area contributed by atoms with Crippen molar-refractivity contribution in [2.24, 2.45) is 5.92 Å². The molecular weight excluding hydrogens is 657 g/mol. The van der Waals surface area contributed by atoms with E-state index in [-0.39, 0.29) is 40.5 Å². The van der Waals surface area contributed by atoms with Gasteiger partial charge in [0.25, 0.3) is 0 Å². The smallest absolute Gasteiger partial charge is 0.330 e. The molecule has 0 saturated heterocycles. The normalized spacial score (nSPS) is 30.6. The van der Waals surface area contributed by atoms with Crippen molar-refractivity contribution >= 4 is 22.6 Å². The van der Waals surface area contributed by atoms with Crippen LogP contribution in [-0.2, 0) is 27.9 Å². The lowest BCUT2D eigenvalue weighted by Crippen LogP contribution is -2.47. The van der Waals surface area contributed by atoms with Gasteiger partial charge in [0.2, 0.25) is 0 Å². The van der Waals surface area contributed by atoms with Crippen molar-refractivity contribution < 1.29 is 27.9 Å². The minimum Gasteiger partial charge on any atom is -0.456 e. The van der Waals surface area contributed by atoms with Crippen LogP contribution in [0.2, 0.25) is 36.3 Å². The molecular formula is C42H70O6Si2. The standard InChI is InChI=1S/C42H70O6Si2/c1-31-25-26-44-35(28-31)23-24-39(48-50(12,13)42(7,8)9)38-21-15-20-37(47-49(10,11)41(4,5)6)30-33(3)27-32(2)29-36-19-14-17-34(45-36)18-16-22-40(43)46-38/h14-17,20,22-25,32,34-39H,3,18-19,21,26-30H2,1-2,4-13H3/b20-15+,22-16-,24-23+/t32-,34-,35+,36-,37+,38-,39+/m0/s1. The summed E-state index contributed by atoms with van der Waals surface area (Å²) in [5.74, 6) is 0.0697. The minimum atomic E-state index is -2.27. The highest BCUT2D eigenvalue weighted by Gasteiger charge is 2.41. The molecule has 0 aromatic carbocycles. The minimum absolute atomic E-state index is 0.0278. The van der Waals surface area contributed by atoms with E-state index < -0.39 is 28.8 Å². The van der Waals surface area contributed by atoms with Gasteiger partial charge in [0.05, 0.1) is 31.0 Å². The summed E-state index contributed by atoms with van der Waals surface area (Å²) in [6.07, 6.45) is 22.9. The van der Waals surface area contributed by atoms with Crippen LogP contribution < -0.4 is 0 Å².